The lowest BCUT2D eigenvalue weighted by atomic mass is 10.1. The summed E-state index contributed by atoms with van der Waals surface area (Å²) in [7, 11) is 0. The predicted octanol–water partition coefficient (Wildman–Crippen LogP) is 5.02. The van der Waals surface area contributed by atoms with E-state index in [4.69, 9.17) is 0 Å². The molecule has 3 heterocycles. The van der Waals surface area contributed by atoms with Gasteiger partial charge < -0.3 is 5.32 Å². The molecule has 0 saturated heterocycles. The highest BCUT2D eigenvalue weighted by Gasteiger charge is 2.31. The highest BCUT2D eigenvalue weighted by Crippen LogP contribution is 2.34. The van der Waals surface area contributed by atoms with Gasteiger partial charge in [-0.3, -0.25) is 10.2 Å². The van der Waals surface area contributed by atoms with Crippen molar-refractivity contribution in [3.8, 4) is 11.3 Å². The van der Waals surface area contributed by atoms with E-state index in [9.17, 15) is 18.0 Å². The molecule has 0 radical (unpaired) electrons. The summed E-state index contributed by atoms with van der Waals surface area (Å²) in [6.45, 7) is 1.04. The highest BCUT2D eigenvalue weighted by molar-refractivity contribution is 6.02. The number of anilines is 3. The van der Waals surface area contributed by atoms with E-state index in [-0.39, 0.29) is 0 Å². The number of hydrogen-bond acceptors (Lipinski definition) is 4. The second kappa shape index (κ2) is 8.02. The Bertz CT molecular complexity index is 1060. The number of nitrogens with zero attached hydrogens (tertiary/aromatic N) is 3. The van der Waals surface area contributed by atoms with E-state index in [1.165, 1.54) is 11.0 Å². The first-order chi connectivity index (χ1) is 14.4. The molecule has 2 aromatic heterocycles. The van der Waals surface area contributed by atoms with E-state index in [1.54, 1.807) is 42.6 Å². The number of pyridine rings is 2. The van der Waals surface area contributed by atoms with E-state index >= 15 is 0 Å². The summed E-state index contributed by atoms with van der Waals surface area (Å²) < 4.78 is 39.3. The maximum Gasteiger partial charge on any atom is 0.416 e. The van der Waals surface area contributed by atoms with E-state index in [1.807, 2.05) is 0 Å². The van der Waals surface area contributed by atoms with Crippen LogP contribution in [0.2, 0.25) is 0 Å². The van der Waals surface area contributed by atoms with Crippen molar-refractivity contribution < 1.29 is 18.0 Å². The lowest BCUT2D eigenvalue weighted by Gasteiger charge is -2.22. The standard InChI is InChI=1S/C21H18F3N5O/c22-21(23,24)15-6-3-5-14(13-15)16-8-9-17-19(27-16)29(12-4-11-25-17)20(30)28-18-7-1-2-10-26-18/h1-3,5-10,13,25H,4,11-12H2,(H,26,28,30). The predicted molar refractivity (Wildman–Crippen MR) is 108 cm³/mol. The fourth-order valence-corrected chi connectivity index (χ4v) is 3.19. The van der Waals surface area contributed by atoms with Gasteiger partial charge in [0.15, 0.2) is 5.82 Å². The van der Waals surface area contributed by atoms with Gasteiger partial charge in [-0.2, -0.15) is 13.2 Å². The number of alkyl halides is 3. The molecule has 0 fully saturated rings. The molecule has 0 atom stereocenters. The van der Waals surface area contributed by atoms with Crippen LogP contribution in [0.15, 0.2) is 60.8 Å². The molecule has 3 aromatic rings. The normalized spacial score (nSPS) is 13.8. The number of carbonyl (C=O) groups is 1. The van der Waals surface area contributed by atoms with Crippen LogP contribution in [0, 0.1) is 0 Å². The first-order valence-electron chi connectivity index (χ1n) is 9.34. The molecule has 1 aliphatic rings. The molecular weight excluding hydrogens is 395 g/mol. The number of benzene rings is 1. The number of nitrogens with one attached hydrogen (secondary N) is 2. The van der Waals surface area contributed by atoms with Crippen molar-refractivity contribution in [2.24, 2.45) is 0 Å². The molecule has 6 nitrogen and oxygen atoms in total. The van der Waals surface area contributed by atoms with Crippen molar-refractivity contribution in [3.05, 3.63) is 66.4 Å². The zero-order chi connectivity index (χ0) is 21.1. The van der Waals surface area contributed by atoms with Crippen molar-refractivity contribution in [2.75, 3.05) is 28.6 Å². The second-order valence-corrected chi connectivity index (χ2v) is 6.72. The average molecular weight is 413 g/mol. The maximum absolute atomic E-state index is 13.1. The Labute approximate surface area is 170 Å². The van der Waals surface area contributed by atoms with Crippen molar-refractivity contribution in [1.29, 1.82) is 0 Å². The van der Waals surface area contributed by atoms with Gasteiger partial charge in [-0.1, -0.05) is 18.2 Å². The van der Waals surface area contributed by atoms with Crippen LogP contribution in [0.5, 0.6) is 0 Å². The number of hydrogen-bond donors (Lipinski definition) is 2. The number of carbonyl (C=O) groups excluding carboxylic acids is 1. The Morgan fingerprint density at radius 1 is 1.10 bits per heavy atom. The maximum atomic E-state index is 13.1. The number of halogens is 3. The number of aromatic nitrogens is 2. The average Bonchev–Trinajstić information content (AvgIpc) is 2.96. The molecule has 0 saturated carbocycles. The van der Waals surface area contributed by atoms with Gasteiger partial charge in [0.25, 0.3) is 0 Å². The van der Waals surface area contributed by atoms with Crippen LogP contribution < -0.4 is 15.5 Å². The smallest absolute Gasteiger partial charge is 0.382 e. The van der Waals surface area contributed by atoms with Gasteiger partial charge in [0.2, 0.25) is 0 Å². The Morgan fingerprint density at radius 2 is 1.97 bits per heavy atom. The van der Waals surface area contributed by atoms with Crippen LogP contribution >= 0.6 is 0 Å². The second-order valence-electron chi connectivity index (χ2n) is 6.72. The van der Waals surface area contributed by atoms with Gasteiger partial charge in [-0.15, -0.1) is 0 Å². The van der Waals surface area contributed by atoms with E-state index in [0.29, 0.717) is 48.1 Å². The third kappa shape index (κ3) is 4.19. The Balaban J connectivity index is 1.69. The van der Waals surface area contributed by atoms with Crippen LogP contribution in [-0.4, -0.2) is 29.1 Å². The monoisotopic (exact) mass is 413 g/mol. The number of rotatable bonds is 2. The lowest BCUT2D eigenvalue weighted by molar-refractivity contribution is -0.137. The van der Waals surface area contributed by atoms with E-state index < -0.39 is 17.8 Å². The number of fused-ring (bicyclic) bond motifs is 1. The molecular formula is C21H18F3N5O. The van der Waals surface area contributed by atoms with Crippen molar-refractivity contribution in [2.45, 2.75) is 12.6 Å². The summed E-state index contributed by atoms with van der Waals surface area (Å²) in [4.78, 5) is 23.0. The molecule has 1 aliphatic heterocycles. The van der Waals surface area contributed by atoms with Crippen LogP contribution in [0.1, 0.15) is 12.0 Å². The van der Waals surface area contributed by atoms with Crippen molar-refractivity contribution >= 4 is 23.4 Å². The summed E-state index contributed by atoms with van der Waals surface area (Å²) in [5, 5.41) is 5.94. The minimum atomic E-state index is -4.45. The van der Waals surface area contributed by atoms with Crippen LogP contribution in [0.4, 0.5) is 35.3 Å². The van der Waals surface area contributed by atoms with E-state index in [2.05, 4.69) is 20.6 Å². The van der Waals surface area contributed by atoms with Gasteiger partial charge >= 0.3 is 12.2 Å². The number of amides is 2. The SMILES string of the molecule is O=C(Nc1ccccn1)N1CCCNc2ccc(-c3cccc(C(F)(F)F)c3)nc21. The molecule has 154 valence electrons. The molecule has 0 spiro atoms. The molecule has 2 amide bonds. The van der Waals surface area contributed by atoms with Gasteiger partial charge in [-0.05, 0) is 42.8 Å². The summed E-state index contributed by atoms with van der Waals surface area (Å²) >= 11 is 0. The summed E-state index contributed by atoms with van der Waals surface area (Å²) in [6.07, 6.45) is -2.19. The zero-order valence-corrected chi connectivity index (χ0v) is 15.8. The van der Waals surface area contributed by atoms with Crippen molar-refractivity contribution in [1.82, 2.24) is 9.97 Å². The zero-order valence-electron chi connectivity index (χ0n) is 15.8. The first-order valence-corrected chi connectivity index (χ1v) is 9.34. The van der Waals surface area contributed by atoms with Crippen LogP contribution in [0.3, 0.4) is 0 Å². The molecule has 1 aromatic carbocycles. The summed E-state index contributed by atoms with van der Waals surface area (Å²) in [5.74, 6) is 0.756. The van der Waals surface area contributed by atoms with Crippen LogP contribution in [-0.2, 0) is 6.18 Å². The van der Waals surface area contributed by atoms with Crippen LogP contribution in [0.25, 0.3) is 11.3 Å². The van der Waals surface area contributed by atoms with Crippen molar-refractivity contribution in [3.63, 3.8) is 0 Å². The molecule has 0 aliphatic carbocycles. The fraction of sp³-hybridized carbons (Fsp3) is 0.190. The molecule has 0 bridgehead atoms. The topological polar surface area (TPSA) is 70.2 Å². The fourth-order valence-electron chi connectivity index (χ4n) is 3.19. The Kier molecular flexibility index (Phi) is 5.26. The summed E-state index contributed by atoms with van der Waals surface area (Å²) in [5.41, 5.74) is 0.556. The number of urea groups is 1. The minimum absolute atomic E-state index is 0.321. The third-order valence-electron chi connectivity index (χ3n) is 4.64. The van der Waals surface area contributed by atoms with Gasteiger partial charge in [0.1, 0.15) is 5.82 Å². The first kappa shape index (κ1) is 19.7. The quantitative estimate of drug-likeness (QED) is 0.619. The highest BCUT2D eigenvalue weighted by atomic mass is 19.4. The molecule has 9 heteroatoms. The van der Waals surface area contributed by atoms with E-state index in [0.717, 1.165) is 12.1 Å². The molecule has 2 N–H and O–H groups in total. The van der Waals surface area contributed by atoms with Gasteiger partial charge in [0, 0.05) is 24.8 Å². The Morgan fingerprint density at radius 3 is 2.73 bits per heavy atom. The van der Waals surface area contributed by atoms with Gasteiger partial charge in [0.05, 0.1) is 16.9 Å². The molecule has 0 unspecified atom stereocenters. The van der Waals surface area contributed by atoms with Gasteiger partial charge in [-0.25, -0.2) is 14.8 Å². The lowest BCUT2D eigenvalue weighted by Crippen LogP contribution is -2.36. The third-order valence-corrected chi connectivity index (χ3v) is 4.64. The molecule has 4 rings (SSSR count). The largest absolute Gasteiger partial charge is 0.416 e. The summed E-state index contributed by atoms with van der Waals surface area (Å²) in [6, 6.07) is 13.1. The minimum Gasteiger partial charge on any atom is -0.382 e. The molecule has 30 heavy (non-hydrogen) atoms. The Hall–Kier alpha value is -3.62.